The highest BCUT2D eigenvalue weighted by molar-refractivity contribution is 7.99. The SMILES string of the molecule is O=C(CCCOC(=O)C(=O)C(F)(F)F)OC1CSCCO1. The Hall–Kier alpha value is -1.29. The molecule has 21 heavy (non-hydrogen) atoms. The van der Waals surface area contributed by atoms with Gasteiger partial charge >= 0.3 is 23.9 Å². The molecule has 1 atom stereocenters. The lowest BCUT2D eigenvalue weighted by molar-refractivity contribution is -0.183. The number of hydrogen-bond donors (Lipinski definition) is 0. The van der Waals surface area contributed by atoms with E-state index in [0.717, 1.165) is 5.75 Å². The Morgan fingerprint density at radius 3 is 2.57 bits per heavy atom. The fourth-order valence-corrected chi connectivity index (χ4v) is 2.04. The number of alkyl halides is 3. The summed E-state index contributed by atoms with van der Waals surface area (Å²) in [7, 11) is 0. The molecule has 0 aromatic rings. The molecule has 1 fully saturated rings. The van der Waals surface area contributed by atoms with Crippen LogP contribution in [0.25, 0.3) is 0 Å². The summed E-state index contributed by atoms with van der Waals surface area (Å²) in [6, 6.07) is 0. The zero-order valence-corrected chi connectivity index (χ0v) is 11.6. The highest BCUT2D eigenvalue weighted by Crippen LogP contribution is 2.17. The topological polar surface area (TPSA) is 78.9 Å². The van der Waals surface area contributed by atoms with E-state index in [4.69, 9.17) is 9.47 Å². The maximum Gasteiger partial charge on any atom is 0.461 e. The summed E-state index contributed by atoms with van der Waals surface area (Å²) in [6.45, 7) is -0.00416. The van der Waals surface area contributed by atoms with Crippen molar-refractivity contribution in [3.8, 4) is 0 Å². The van der Waals surface area contributed by atoms with Crippen LogP contribution in [0.3, 0.4) is 0 Å². The third-order valence-corrected chi connectivity index (χ3v) is 3.21. The average Bonchev–Trinajstić information content (AvgIpc) is 2.42. The van der Waals surface area contributed by atoms with Crippen LogP contribution in [-0.2, 0) is 28.6 Å². The highest BCUT2D eigenvalue weighted by atomic mass is 32.2. The Kier molecular flexibility index (Phi) is 6.96. The first-order chi connectivity index (χ1) is 9.80. The van der Waals surface area contributed by atoms with E-state index in [0.29, 0.717) is 12.4 Å². The van der Waals surface area contributed by atoms with Gasteiger partial charge in [-0.25, -0.2) is 4.79 Å². The Morgan fingerprint density at radius 2 is 2.00 bits per heavy atom. The van der Waals surface area contributed by atoms with Gasteiger partial charge in [-0.3, -0.25) is 9.59 Å². The van der Waals surface area contributed by atoms with E-state index in [1.807, 2.05) is 0 Å². The molecule has 0 amide bonds. The van der Waals surface area contributed by atoms with Gasteiger partial charge in [-0.15, -0.1) is 0 Å². The van der Waals surface area contributed by atoms with Crippen molar-refractivity contribution in [2.45, 2.75) is 25.3 Å². The van der Waals surface area contributed by atoms with Crippen molar-refractivity contribution in [1.29, 1.82) is 0 Å². The Morgan fingerprint density at radius 1 is 1.29 bits per heavy atom. The monoisotopic (exact) mass is 330 g/mol. The molecule has 120 valence electrons. The third kappa shape index (κ3) is 6.80. The van der Waals surface area contributed by atoms with Crippen LogP contribution < -0.4 is 0 Å². The molecule has 1 heterocycles. The second-order valence-electron chi connectivity index (χ2n) is 3.93. The van der Waals surface area contributed by atoms with Gasteiger partial charge in [0, 0.05) is 12.2 Å². The highest BCUT2D eigenvalue weighted by Gasteiger charge is 2.44. The molecular formula is C11H13F3O6S. The van der Waals surface area contributed by atoms with Gasteiger partial charge in [0.1, 0.15) is 0 Å². The van der Waals surface area contributed by atoms with Gasteiger partial charge in [0.2, 0.25) is 6.29 Å². The zero-order valence-electron chi connectivity index (χ0n) is 10.8. The van der Waals surface area contributed by atoms with Gasteiger partial charge in [-0.05, 0) is 6.42 Å². The molecule has 0 bridgehead atoms. The first-order valence-corrected chi connectivity index (χ1v) is 7.13. The maximum absolute atomic E-state index is 11.9. The fourth-order valence-electron chi connectivity index (χ4n) is 1.30. The van der Waals surface area contributed by atoms with E-state index in [1.165, 1.54) is 0 Å². The lowest BCUT2D eigenvalue weighted by atomic mass is 10.3. The van der Waals surface area contributed by atoms with Crippen molar-refractivity contribution >= 4 is 29.5 Å². The van der Waals surface area contributed by atoms with Gasteiger partial charge in [-0.2, -0.15) is 24.9 Å². The summed E-state index contributed by atoms with van der Waals surface area (Å²) in [5.74, 6) is -3.83. The Labute approximate surface area is 122 Å². The molecule has 0 radical (unpaired) electrons. The summed E-state index contributed by atoms with van der Waals surface area (Å²) in [5.41, 5.74) is 0. The van der Waals surface area contributed by atoms with Crippen molar-refractivity contribution in [3.05, 3.63) is 0 Å². The Balaban J connectivity index is 2.14. The van der Waals surface area contributed by atoms with E-state index >= 15 is 0 Å². The van der Waals surface area contributed by atoms with Crippen LogP contribution in [-0.4, -0.2) is 54.9 Å². The number of ketones is 1. The quantitative estimate of drug-likeness (QED) is 0.409. The second-order valence-corrected chi connectivity index (χ2v) is 5.08. The number of rotatable bonds is 6. The van der Waals surface area contributed by atoms with Gasteiger partial charge in [-0.1, -0.05) is 0 Å². The maximum atomic E-state index is 11.9. The van der Waals surface area contributed by atoms with Crippen LogP contribution in [0, 0.1) is 0 Å². The van der Waals surface area contributed by atoms with Crippen molar-refractivity contribution in [3.63, 3.8) is 0 Å². The minimum absolute atomic E-state index is 0.0461. The first kappa shape index (κ1) is 17.8. The lowest BCUT2D eigenvalue weighted by Crippen LogP contribution is -2.32. The van der Waals surface area contributed by atoms with E-state index in [1.54, 1.807) is 11.8 Å². The first-order valence-electron chi connectivity index (χ1n) is 5.98. The minimum atomic E-state index is -5.26. The summed E-state index contributed by atoms with van der Waals surface area (Å²) in [4.78, 5) is 32.5. The summed E-state index contributed by atoms with van der Waals surface area (Å²) in [5, 5.41) is 0. The van der Waals surface area contributed by atoms with Crippen molar-refractivity contribution in [1.82, 2.24) is 0 Å². The number of hydrogen-bond acceptors (Lipinski definition) is 7. The van der Waals surface area contributed by atoms with Gasteiger partial charge in [0.25, 0.3) is 0 Å². The van der Waals surface area contributed by atoms with E-state index in [9.17, 15) is 27.6 Å². The summed E-state index contributed by atoms with van der Waals surface area (Å²) in [6.07, 6.45) is -6.09. The molecule has 0 spiro atoms. The third-order valence-electron chi connectivity index (χ3n) is 2.25. The molecule has 6 nitrogen and oxygen atoms in total. The largest absolute Gasteiger partial charge is 0.461 e. The van der Waals surface area contributed by atoms with Crippen molar-refractivity contribution in [2.24, 2.45) is 0 Å². The fraction of sp³-hybridized carbons (Fsp3) is 0.727. The van der Waals surface area contributed by atoms with Crippen molar-refractivity contribution in [2.75, 3.05) is 24.7 Å². The average molecular weight is 330 g/mol. The number of carbonyl (C=O) groups is 3. The summed E-state index contributed by atoms with van der Waals surface area (Å²) < 4.78 is 49.8. The van der Waals surface area contributed by atoms with Crippen LogP contribution in [0.2, 0.25) is 0 Å². The molecule has 0 aromatic heterocycles. The summed E-state index contributed by atoms with van der Waals surface area (Å²) >= 11 is 1.57. The molecule has 1 saturated heterocycles. The number of ether oxygens (including phenoxy) is 3. The molecule has 0 N–H and O–H groups in total. The number of Topliss-reactive ketones (excluding diaryl/α,β-unsaturated/α-hetero) is 1. The lowest BCUT2D eigenvalue weighted by Gasteiger charge is -2.21. The zero-order chi connectivity index (χ0) is 15.9. The van der Waals surface area contributed by atoms with Crippen LogP contribution in [0.15, 0.2) is 0 Å². The minimum Gasteiger partial charge on any atom is -0.460 e. The molecule has 1 aliphatic heterocycles. The number of esters is 2. The predicted molar refractivity (Wildman–Crippen MR) is 64.4 cm³/mol. The normalized spacial score (nSPS) is 18.9. The van der Waals surface area contributed by atoms with Crippen LogP contribution in [0.1, 0.15) is 12.8 Å². The van der Waals surface area contributed by atoms with E-state index in [-0.39, 0.29) is 12.8 Å². The molecule has 0 aliphatic carbocycles. The smallest absolute Gasteiger partial charge is 0.460 e. The Bertz CT molecular complexity index is 392. The molecule has 1 rings (SSSR count). The van der Waals surface area contributed by atoms with Crippen LogP contribution in [0.4, 0.5) is 13.2 Å². The van der Waals surface area contributed by atoms with Crippen LogP contribution >= 0.6 is 11.8 Å². The number of carbonyl (C=O) groups excluding carboxylic acids is 3. The second kappa shape index (κ2) is 8.23. The molecule has 1 aliphatic rings. The van der Waals surface area contributed by atoms with Gasteiger partial charge in [0.05, 0.1) is 19.0 Å². The number of thioether (sulfide) groups is 1. The van der Waals surface area contributed by atoms with Crippen LogP contribution in [0.5, 0.6) is 0 Å². The van der Waals surface area contributed by atoms with E-state index in [2.05, 4.69) is 4.74 Å². The van der Waals surface area contributed by atoms with Crippen molar-refractivity contribution < 1.29 is 41.8 Å². The molecule has 0 aromatic carbocycles. The molecule has 1 unspecified atom stereocenters. The van der Waals surface area contributed by atoms with Gasteiger partial charge in [0.15, 0.2) is 0 Å². The molecule has 0 saturated carbocycles. The molecule has 10 heteroatoms. The number of halogens is 3. The van der Waals surface area contributed by atoms with Gasteiger partial charge < -0.3 is 14.2 Å². The van der Waals surface area contributed by atoms with E-state index < -0.39 is 36.8 Å². The molecular weight excluding hydrogens is 317 g/mol. The predicted octanol–water partition coefficient (Wildman–Crippen LogP) is 1.07. The standard InChI is InChI=1S/C11H13F3O6S/c12-11(13,14)9(16)10(17)19-3-1-2-7(15)20-8-6-21-5-4-18-8/h8H,1-6H2.